The van der Waals surface area contributed by atoms with Gasteiger partial charge in [-0.3, -0.25) is 4.79 Å². The molecule has 0 fully saturated rings. The Kier molecular flexibility index (Phi) is 5.16. The number of aromatic nitrogens is 3. The number of halogens is 2. The van der Waals surface area contributed by atoms with E-state index in [9.17, 15) is 13.6 Å². The molecule has 1 unspecified atom stereocenters. The second-order valence-electron chi connectivity index (χ2n) is 6.89. The average Bonchev–Trinajstić information content (AvgIpc) is 3.34. The molecule has 0 saturated heterocycles. The maximum absolute atomic E-state index is 13.6. The van der Waals surface area contributed by atoms with Crippen LogP contribution in [0.3, 0.4) is 0 Å². The summed E-state index contributed by atoms with van der Waals surface area (Å²) >= 11 is 0. The highest BCUT2D eigenvalue weighted by Crippen LogP contribution is 2.30. The zero-order valence-corrected chi connectivity index (χ0v) is 15.6. The van der Waals surface area contributed by atoms with Gasteiger partial charge in [0.25, 0.3) is 5.91 Å². The van der Waals surface area contributed by atoms with Crippen LogP contribution >= 0.6 is 0 Å². The van der Waals surface area contributed by atoms with Crippen molar-refractivity contribution in [2.24, 2.45) is 5.10 Å². The summed E-state index contributed by atoms with van der Waals surface area (Å²) in [7, 11) is 0. The van der Waals surface area contributed by atoms with E-state index in [1.807, 2.05) is 16.7 Å². The quantitative estimate of drug-likeness (QED) is 0.593. The third-order valence-corrected chi connectivity index (χ3v) is 4.86. The van der Waals surface area contributed by atoms with Gasteiger partial charge in [-0.25, -0.2) is 23.8 Å². The first kappa shape index (κ1) is 18.9. The Hall–Kier alpha value is -3.42. The Balaban J connectivity index is 1.39. The molecule has 1 atom stereocenters. The molecular weight excluding hydrogens is 376 g/mol. The van der Waals surface area contributed by atoms with E-state index >= 15 is 0 Å². The van der Waals surface area contributed by atoms with E-state index in [2.05, 4.69) is 21.6 Å². The van der Waals surface area contributed by atoms with Crippen LogP contribution in [-0.2, 0) is 11.3 Å². The SMILES string of the molecule is C=C(CCCn1cnc2cccnc21)C(=O)N1N=CCC1c1cc(F)cc(F)c1. The highest BCUT2D eigenvalue weighted by Gasteiger charge is 2.30. The fourth-order valence-electron chi connectivity index (χ4n) is 3.45. The lowest BCUT2D eigenvalue weighted by Gasteiger charge is -2.23. The van der Waals surface area contributed by atoms with Gasteiger partial charge >= 0.3 is 0 Å². The van der Waals surface area contributed by atoms with E-state index in [0.29, 0.717) is 36.9 Å². The molecule has 1 aliphatic heterocycles. The van der Waals surface area contributed by atoms with Crippen LogP contribution in [0.15, 0.2) is 60.1 Å². The van der Waals surface area contributed by atoms with Gasteiger partial charge in [0, 0.05) is 37.0 Å². The number of carbonyl (C=O) groups is 1. The molecule has 8 heteroatoms. The first-order valence-electron chi connectivity index (χ1n) is 9.28. The van der Waals surface area contributed by atoms with Crippen molar-refractivity contribution in [2.75, 3.05) is 0 Å². The summed E-state index contributed by atoms with van der Waals surface area (Å²) in [6.07, 6.45) is 6.53. The number of imidazole rings is 1. The number of hydrogen-bond acceptors (Lipinski definition) is 4. The summed E-state index contributed by atoms with van der Waals surface area (Å²) < 4.78 is 29.1. The number of nitrogens with zero attached hydrogens (tertiary/aromatic N) is 5. The summed E-state index contributed by atoms with van der Waals surface area (Å²) in [5.74, 6) is -1.71. The predicted octanol–water partition coefficient (Wildman–Crippen LogP) is 4.01. The first-order valence-corrected chi connectivity index (χ1v) is 9.28. The fraction of sp³-hybridized carbons (Fsp3) is 0.238. The summed E-state index contributed by atoms with van der Waals surface area (Å²) in [4.78, 5) is 21.4. The molecule has 0 N–H and O–H groups in total. The van der Waals surface area contributed by atoms with Gasteiger partial charge in [-0.1, -0.05) is 6.58 Å². The van der Waals surface area contributed by atoms with Crippen molar-refractivity contribution >= 4 is 23.3 Å². The molecule has 0 saturated carbocycles. The van der Waals surface area contributed by atoms with Crippen LogP contribution in [0.1, 0.15) is 30.9 Å². The van der Waals surface area contributed by atoms with Crippen molar-refractivity contribution in [2.45, 2.75) is 31.8 Å². The lowest BCUT2D eigenvalue weighted by atomic mass is 10.0. The zero-order valence-electron chi connectivity index (χ0n) is 15.6. The highest BCUT2D eigenvalue weighted by atomic mass is 19.1. The van der Waals surface area contributed by atoms with E-state index in [4.69, 9.17) is 0 Å². The Morgan fingerprint density at radius 2 is 2.00 bits per heavy atom. The number of hydrazone groups is 1. The number of carbonyl (C=O) groups excluding carboxylic acids is 1. The molecule has 0 spiro atoms. The van der Waals surface area contributed by atoms with Crippen LogP contribution in [0.2, 0.25) is 0 Å². The number of aryl methyl sites for hydroxylation is 1. The molecule has 29 heavy (non-hydrogen) atoms. The Labute approximate surface area is 166 Å². The van der Waals surface area contributed by atoms with Crippen LogP contribution < -0.4 is 0 Å². The maximum Gasteiger partial charge on any atom is 0.269 e. The summed E-state index contributed by atoms with van der Waals surface area (Å²) in [5, 5.41) is 5.36. The van der Waals surface area contributed by atoms with E-state index in [1.165, 1.54) is 17.1 Å². The van der Waals surface area contributed by atoms with Crippen molar-refractivity contribution in [1.29, 1.82) is 0 Å². The third-order valence-electron chi connectivity index (χ3n) is 4.86. The highest BCUT2D eigenvalue weighted by molar-refractivity contribution is 5.94. The van der Waals surface area contributed by atoms with Crippen LogP contribution in [0.4, 0.5) is 8.78 Å². The lowest BCUT2D eigenvalue weighted by molar-refractivity contribution is -0.129. The van der Waals surface area contributed by atoms with Gasteiger partial charge < -0.3 is 4.57 Å². The number of pyridine rings is 1. The maximum atomic E-state index is 13.6. The summed E-state index contributed by atoms with van der Waals surface area (Å²) in [6.45, 7) is 4.53. The lowest BCUT2D eigenvalue weighted by Crippen LogP contribution is -2.28. The standard InChI is InChI=1S/C21H19F2N5O/c1-14(4-3-9-27-13-25-18-5-2-7-24-20(18)27)21(29)28-19(6-8-26-28)15-10-16(22)12-17(23)11-15/h2,5,7-8,10-13,19H,1,3-4,6,9H2. The van der Waals surface area contributed by atoms with Crippen molar-refractivity contribution < 1.29 is 13.6 Å². The van der Waals surface area contributed by atoms with Gasteiger partial charge in [0.15, 0.2) is 5.65 Å². The first-order chi connectivity index (χ1) is 14.0. The second kappa shape index (κ2) is 7.90. The topological polar surface area (TPSA) is 63.4 Å². The molecule has 6 nitrogen and oxygen atoms in total. The third kappa shape index (κ3) is 3.91. The molecule has 1 aliphatic rings. The number of amides is 1. The number of hydrogen-bond donors (Lipinski definition) is 0. The Morgan fingerprint density at radius 3 is 2.79 bits per heavy atom. The minimum Gasteiger partial charge on any atom is -0.315 e. The Morgan fingerprint density at radius 1 is 1.21 bits per heavy atom. The normalized spacial score (nSPS) is 15.9. The summed E-state index contributed by atoms with van der Waals surface area (Å²) in [6, 6.07) is 6.44. The van der Waals surface area contributed by atoms with E-state index in [1.54, 1.807) is 18.7 Å². The molecule has 1 amide bonds. The largest absolute Gasteiger partial charge is 0.315 e. The molecule has 3 aromatic rings. The van der Waals surface area contributed by atoms with Crippen molar-refractivity contribution in [3.8, 4) is 0 Å². The molecule has 2 aromatic heterocycles. The fourth-order valence-corrected chi connectivity index (χ4v) is 3.45. The van der Waals surface area contributed by atoms with Gasteiger partial charge in [0.1, 0.15) is 17.2 Å². The molecule has 1 aromatic carbocycles. The van der Waals surface area contributed by atoms with Crippen LogP contribution in [0.5, 0.6) is 0 Å². The number of rotatable bonds is 6. The minimum atomic E-state index is -0.681. The van der Waals surface area contributed by atoms with Crippen molar-refractivity contribution in [3.05, 3.63) is 72.2 Å². The van der Waals surface area contributed by atoms with Crippen LogP contribution in [-0.4, -0.2) is 31.7 Å². The Bertz CT molecular complexity index is 1090. The van der Waals surface area contributed by atoms with E-state index < -0.39 is 17.7 Å². The van der Waals surface area contributed by atoms with Gasteiger partial charge in [-0.2, -0.15) is 5.10 Å². The van der Waals surface area contributed by atoms with Crippen molar-refractivity contribution in [3.63, 3.8) is 0 Å². The number of benzene rings is 1. The minimum absolute atomic E-state index is 0.345. The van der Waals surface area contributed by atoms with Crippen LogP contribution in [0, 0.1) is 11.6 Å². The molecule has 0 bridgehead atoms. The van der Waals surface area contributed by atoms with Gasteiger partial charge in [-0.15, -0.1) is 0 Å². The van der Waals surface area contributed by atoms with E-state index in [-0.39, 0.29) is 5.91 Å². The summed E-state index contributed by atoms with van der Waals surface area (Å²) in [5.41, 5.74) is 2.38. The predicted molar refractivity (Wildman–Crippen MR) is 105 cm³/mol. The monoisotopic (exact) mass is 395 g/mol. The smallest absolute Gasteiger partial charge is 0.269 e. The molecule has 0 aliphatic carbocycles. The second-order valence-corrected chi connectivity index (χ2v) is 6.89. The molecule has 148 valence electrons. The zero-order chi connectivity index (χ0) is 20.4. The van der Waals surface area contributed by atoms with Crippen LogP contribution in [0.25, 0.3) is 11.2 Å². The average molecular weight is 395 g/mol. The van der Waals surface area contributed by atoms with Gasteiger partial charge in [-0.05, 0) is 42.7 Å². The molecule has 3 heterocycles. The molecular formula is C21H19F2N5O. The number of fused-ring (bicyclic) bond motifs is 1. The molecule has 4 rings (SSSR count). The van der Waals surface area contributed by atoms with Crippen molar-refractivity contribution in [1.82, 2.24) is 19.5 Å². The molecule has 0 radical (unpaired) electrons. The van der Waals surface area contributed by atoms with Gasteiger partial charge in [0.2, 0.25) is 0 Å². The van der Waals surface area contributed by atoms with E-state index in [0.717, 1.165) is 17.2 Å². The van der Waals surface area contributed by atoms with Gasteiger partial charge in [0.05, 0.1) is 12.4 Å².